The van der Waals surface area contributed by atoms with E-state index in [-0.39, 0.29) is 16.4 Å². The van der Waals surface area contributed by atoms with Gasteiger partial charge in [-0.25, -0.2) is 4.98 Å². The molecular weight excluding hydrogens is 394 g/mol. The van der Waals surface area contributed by atoms with Crippen molar-refractivity contribution in [1.82, 2.24) is 9.99 Å². The number of rotatable bonds is 3. The number of hydrazine groups is 1. The zero-order chi connectivity index (χ0) is 19.1. The molecule has 1 aliphatic rings. The molecule has 1 aromatic heterocycles. The second-order valence-electron chi connectivity index (χ2n) is 5.21. The Hall–Kier alpha value is -2.58. The molecule has 0 saturated carbocycles. The van der Waals surface area contributed by atoms with Crippen LogP contribution in [0.2, 0.25) is 10.0 Å². The maximum atomic E-state index is 12.6. The van der Waals surface area contributed by atoms with Crippen molar-refractivity contribution >= 4 is 46.4 Å². The quantitative estimate of drug-likeness (QED) is 0.783. The Kier molecular flexibility index (Phi) is 4.64. The maximum absolute atomic E-state index is 12.6. The Balaban J connectivity index is 1.83. The van der Waals surface area contributed by atoms with Crippen molar-refractivity contribution in [2.75, 3.05) is 5.43 Å². The van der Waals surface area contributed by atoms with Crippen molar-refractivity contribution in [3.8, 4) is 0 Å². The van der Waals surface area contributed by atoms with Crippen LogP contribution in [-0.4, -0.2) is 21.8 Å². The van der Waals surface area contributed by atoms with E-state index in [1.165, 1.54) is 0 Å². The topological polar surface area (TPSA) is 62.3 Å². The van der Waals surface area contributed by atoms with E-state index < -0.39 is 23.6 Å². The minimum atomic E-state index is -4.61. The summed E-state index contributed by atoms with van der Waals surface area (Å²) < 4.78 is 37.9. The predicted molar refractivity (Wildman–Crippen MR) is 89.2 cm³/mol. The van der Waals surface area contributed by atoms with Crippen molar-refractivity contribution in [2.45, 2.75) is 6.18 Å². The largest absolute Gasteiger partial charge is 0.417 e. The fourth-order valence-electron chi connectivity index (χ4n) is 2.19. The van der Waals surface area contributed by atoms with E-state index in [0.29, 0.717) is 27.9 Å². The molecule has 0 unspecified atom stereocenters. The molecule has 0 spiro atoms. The van der Waals surface area contributed by atoms with Crippen molar-refractivity contribution in [3.05, 3.63) is 63.8 Å². The number of carbonyl (C=O) groups is 2. The third-order valence-corrected chi connectivity index (χ3v) is 4.00. The van der Waals surface area contributed by atoms with E-state index in [0.717, 1.165) is 6.08 Å². The molecule has 2 amide bonds. The van der Waals surface area contributed by atoms with Crippen LogP contribution < -0.4 is 5.43 Å². The summed E-state index contributed by atoms with van der Waals surface area (Å²) in [6.45, 7) is 0. The van der Waals surface area contributed by atoms with Crippen LogP contribution in [0, 0.1) is 0 Å². The lowest BCUT2D eigenvalue weighted by Crippen LogP contribution is -2.36. The highest BCUT2D eigenvalue weighted by Crippen LogP contribution is 2.33. The molecular formula is C16H8Cl2F3N3O2. The van der Waals surface area contributed by atoms with Gasteiger partial charge in [0.05, 0.1) is 16.2 Å². The van der Waals surface area contributed by atoms with E-state index >= 15 is 0 Å². The van der Waals surface area contributed by atoms with E-state index in [1.807, 2.05) is 0 Å². The van der Waals surface area contributed by atoms with Crippen LogP contribution >= 0.6 is 23.2 Å². The molecule has 2 aromatic rings. The summed E-state index contributed by atoms with van der Waals surface area (Å²) in [6.07, 6.45) is -2.97. The first kappa shape index (κ1) is 18.2. The number of halogens is 5. The fourth-order valence-corrected chi connectivity index (χ4v) is 2.53. The summed E-state index contributed by atoms with van der Waals surface area (Å²) in [7, 11) is 0. The number of carbonyl (C=O) groups excluding carboxylic acids is 2. The Labute approximate surface area is 155 Å². The average Bonchev–Trinajstić information content (AvgIpc) is 2.84. The lowest BCUT2D eigenvalue weighted by molar-refractivity contribution is -0.138. The molecule has 1 aromatic carbocycles. The van der Waals surface area contributed by atoms with Gasteiger partial charge in [-0.15, -0.1) is 0 Å². The monoisotopic (exact) mass is 401 g/mol. The van der Waals surface area contributed by atoms with Gasteiger partial charge in [0.25, 0.3) is 11.8 Å². The molecule has 2 heterocycles. The number of amides is 2. The van der Waals surface area contributed by atoms with Crippen LogP contribution in [0.15, 0.2) is 42.6 Å². The van der Waals surface area contributed by atoms with Crippen LogP contribution in [0.4, 0.5) is 19.0 Å². The van der Waals surface area contributed by atoms with Crippen LogP contribution in [0.1, 0.15) is 11.1 Å². The first-order valence-electron chi connectivity index (χ1n) is 7.02. The molecule has 0 radical (unpaired) electrons. The Morgan fingerprint density at radius 3 is 2.31 bits per heavy atom. The van der Waals surface area contributed by atoms with Gasteiger partial charge in [-0.1, -0.05) is 35.3 Å². The molecule has 1 N–H and O–H groups in total. The lowest BCUT2D eigenvalue weighted by Gasteiger charge is -2.18. The fraction of sp³-hybridized carbons (Fsp3) is 0.0625. The number of hydrogen-bond donors (Lipinski definition) is 1. The number of aromatic nitrogens is 1. The summed E-state index contributed by atoms with van der Waals surface area (Å²) in [4.78, 5) is 28.0. The number of benzene rings is 1. The average molecular weight is 402 g/mol. The zero-order valence-electron chi connectivity index (χ0n) is 12.6. The first-order valence-corrected chi connectivity index (χ1v) is 7.78. The smallest absolute Gasteiger partial charge is 0.270 e. The molecule has 5 nitrogen and oxygen atoms in total. The normalized spacial score (nSPS) is 14.7. The zero-order valence-corrected chi connectivity index (χ0v) is 14.2. The Morgan fingerprint density at radius 1 is 1.08 bits per heavy atom. The molecule has 10 heteroatoms. The summed E-state index contributed by atoms with van der Waals surface area (Å²) in [5.41, 5.74) is 1.86. The number of pyridine rings is 1. The summed E-state index contributed by atoms with van der Waals surface area (Å²) >= 11 is 11.6. The van der Waals surface area contributed by atoms with Crippen LogP contribution in [-0.2, 0) is 15.8 Å². The molecule has 26 heavy (non-hydrogen) atoms. The molecule has 134 valence electrons. The van der Waals surface area contributed by atoms with Gasteiger partial charge in [0.15, 0.2) is 5.82 Å². The van der Waals surface area contributed by atoms with Gasteiger partial charge in [-0.2, -0.15) is 18.2 Å². The van der Waals surface area contributed by atoms with E-state index in [9.17, 15) is 22.8 Å². The predicted octanol–water partition coefficient (Wildman–Crippen LogP) is 4.19. The maximum Gasteiger partial charge on any atom is 0.417 e. The molecule has 0 atom stereocenters. The van der Waals surface area contributed by atoms with E-state index in [4.69, 9.17) is 23.2 Å². The van der Waals surface area contributed by atoms with Crippen LogP contribution in [0.3, 0.4) is 0 Å². The van der Waals surface area contributed by atoms with Gasteiger partial charge < -0.3 is 0 Å². The number of nitrogens with zero attached hydrogens (tertiary/aromatic N) is 2. The van der Waals surface area contributed by atoms with Crippen molar-refractivity contribution in [1.29, 1.82) is 0 Å². The number of hydrogen-bond acceptors (Lipinski definition) is 4. The molecule has 3 rings (SSSR count). The summed E-state index contributed by atoms with van der Waals surface area (Å²) in [5.74, 6) is -1.67. The molecule has 0 fully saturated rings. The van der Waals surface area contributed by atoms with Gasteiger partial charge in [0, 0.05) is 17.3 Å². The second-order valence-corrected chi connectivity index (χ2v) is 6.05. The second kappa shape index (κ2) is 6.62. The lowest BCUT2D eigenvalue weighted by atomic mass is 10.1. The molecule has 0 aliphatic carbocycles. The first-order chi connectivity index (χ1) is 12.2. The highest BCUT2D eigenvalue weighted by atomic mass is 35.5. The van der Waals surface area contributed by atoms with Gasteiger partial charge in [-0.05, 0) is 23.8 Å². The third kappa shape index (κ3) is 3.51. The van der Waals surface area contributed by atoms with Crippen LogP contribution in [0.5, 0.6) is 0 Å². The highest BCUT2D eigenvalue weighted by Gasteiger charge is 2.34. The summed E-state index contributed by atoms with van der Waals surface area (Å²) in [6, 6.07) is 6.88. The number of nitrogens with one attached hydrogen (secondary N) is 1. The standard InChI is InChI=1S/C16H8Cl2F3N3O2/c17-10-3-1-8(2-4-10)11-6-13(25)24(15(11)26)23-14-12(18)5-9(7-22-14)16(19,20)21/h1-7H,(H,22,23). The van der Waals surface area contributed by atoms with Crippen LogP contribution in [0.25, 0.3) is 5.57 Å². The summed E-state index contributed by atoms with van der Waals surface area (Å²) in [5, 5.41) is 0.688. The minimum absolute atomic E-state index is 0.0993. The SMILES string of the molecule is O=C1C=C(c2ccc(Cl)cc2)C(=O)N1Nc1ncc(C(F)(F)F)cc1Cl. The van der Waals surface area contributed by atoms with Gasteiger partial charge in [0.2, 0.25) is 0 Å². The van der Waals surface area contributed by atoms with Gasteiger partial charge in [-0.3, -0.25) is 15.0 Å². The van der Waals surface area contributed by atoms with Gasteiger partial charge >= 0.3 is 6.18 Å². The molecule has 0 saturated heterocycles. The number of alkyl halides is 3. The van der Waals surface area contributed by atoms with Crippen molar-refractivity contribution in [2.24, 2.45) is 0 Å². The number of imide groups is 1. The van der Waals surface area contributed by atoms with E-state index in [2.05, 4.69) is 10.4 Å². The van der Waals surface area contributed by atoms with E-state index in [1.54, 1.807) is 24.3 Å². The highest BCUT2D eigenvalue weighted by molar-refractivity contribution is 6.35. The number of anilines is 1. The van der Waals surface area contributed by atoms with Crippen molar-refractivity contribution < 1.29 is 22.8 Å². The minimum Gasteiger partial charge on any atom is -0.270 e. The molecule has 0 bridgehead atoms. The third-order valence-electron chi connectivity index (χ3n) is 3.46. The Bertz CT molecular complexity index is 927. The van der Waals surface area contributed by atoms with Gasteiger partial charge in [0.1, 0.15) is 0 Å². The molecule has 1 aliphatic heterocycles. The van der Waals surface area contributed by atoms with Crippen molar-refractivity contribution in [3.63, 3.8) is 0 Å². The Morgan fingerprint density at radius 2 is 1.73 bits per heavy atom.